The van der Waals surface area contributed by atoms with Gasteiger partial charge in [-0.2, -0.15) is 14.8 Å². The van der Waals surface area contributed by atoms with E-state index in [0.717, 1.165) is 46.2 Å². The van der Waals surface area contributed by atoms with Crippen LogP contribution in [0.25, 0.3) is 27.7 Å². The van der Waals surface area contributed by atoms with Crippen molar-refractivity contribution in [2.45, 2.75) is 38.6 Å². The summed E-state index contributed by atoms with van der Waals surface area (Å²) in [5, 5.41) is 12.6. The number of carbonyl (C=O) groups is 2. The Balaban J connectivity index is 1.31. The molecule has 0 bridgehead atoms. The smallest absolute Gasteiger partial charge is 0.242 e. The quantitative estimate of drug-likeness (QED) is 0.487. The highest BCUT2D eigenvalue weighted by Crippen LogP contribution is 2.30. The molecular weight excluding hydrogens is 406 g/mol. The standard InChI is InChI=1S/C23H25N7O2/c1-2-21(31)29-12-4-6-20(29)23(32)25-10-7-15-13-17-16(8-11-24-22(17)28-15)18-14-27-30-19(18)5-3-9-26-30/h3,5,8-9,11,13-14,20H,2,4,6-7,10,12H2,1H3,(H,24,28)(H,25,32)/t20-/m1/s1. The summed E-state index contributed by atoms with van der Waals surface area (Å²) in [6, 6.07) is 7.59. The predicted molar refractivity (Wildman–Crippen MR) is 120 cm³/mol. The van der Waals surface area contributed by atoms with E-state index in [0.29, 0.717) is 25.9 Å². The number of nitrogens with zero attached hydrogens (tertiary/aromatic N) is 5. The fourth-order valence-corrected chi connectivity index (χ4v) is 4.47. The van der Waals surface area contributed by atoms with Gasteiger partial charge in [-0.15, -0.1) is 0 Å². The van der Waals surface area contributed by atoms with Gasteiger partial charge in [-0.25, -0.2) is 4.98 Å². The summed E-state index contributed by atoms with van der Waals surface area (Å²) in [6.07, 6.45) is 7.97. The Hall–Kier alpha value is -3.75. The van der Waals surface area contributed by atoms with Gasteiger partial charge >= 0.3 is 0 Å². The number of likely N-dealkylation sites (tertiary alicyclic amines) is 1. The van der Waals surface area contributed by atoms with E-state index in [1.54, 1.807) is 21.9 Å². The topological polar surface area (TPSA) is 108 Å². The average molecular weight is 432 g/mol. The fraction of sp³-hybridized carbons (Fsp3) is 0.348. The second kappa shape index (κ2) is 8.41. The summed E-state index contributed by atoms with van der Waals surface area (Å²) < 4.78 is 1.61. The van der Waals surface area contributed by atoms with E-state index < -0.39 is 0 Å². The van der Waals surface area contributed by atoms with E-state index in [4.69, 9.17) is 0 Å². The molecule has 9 heteroatoms. The fourth-order valence-electron chi connectivity index (χ4n) is 4.47. The molecule has 4 aromatic rings. The summed E-state index contributed by atoms with van der Waals surface area (Å²) >= 11 is 0. The second-order valence-corrected chi connectivity index (χ2v) is 8.01. The Bertz CT molecular complexity index is 1290. The molecular formula is C23H25N7O2. The summed E-state index contributed by atoms with van der Waals surface area (Å²) in [5.74, 6) is -0.0298. The van der Waals surface area contributed by atoms with Crippen molar-refractivity contribution in [2.75, 3.05) is 13.1 Å². The van der Waals surface area contributed by atoms with Gasteiger partial charge in [-0.1, -0.05) is 6.92 Å². The number of nitrogens with one attached hydrogen (secondary N) is 2. The van der Waals surface area contributed by atoms with Gasteiger partial charge in [0.2, 0.25) is 11.8 Å². The molecule has 1 aliphatic rings. The van der Waals surface area contributed by atoms with E-state index in [1.165, 1.54) is 0 Å². The van der Waals surface area contributed by atoms with Crippen molar-refractivity contribution in [3.05, 3.63) is 48.5 Å². The molecule has 0 saturated carbocycles. The van der Waals surface area contributed by atoms with E-state index in [-0.39, 0.29) is 17.9 Å². The normalized spacial score (nSPS) is 16.2. The molecule has 5 rings (SSSR count). The predicted octanol–water partition coefficient (Wildman–Crippen LogP) is 2.33. The van der Waals surface area contributed by atoms with Gasteiger partial charge in [-0.3, -0.25) is 9.59 Å². The van der Waals surface area contributed by atoms with Crippen molar-refractivity contribution in [1.29, 1.82) is 0 Å². The van der Waals surface area contributed by atoms with Crippen LogP contribution in [0, 0.1) is 0 Å². The van der Waals surface area contributed by atoms with E-state index in [2.05, 4.69) is 31.5 Å². The number of rotatable bonds is 6. The Kier molecular flexibility index (Phi) is 5.30. The summed E-state index contributed by atoms with van der Waals surface area (Å²) in [4.78, 5) is 34.2. The minimum absolute atomic E-state index is 0.0414. The molecule has 1 atom stereocenters. The zero-order valence-electron chi connectivity index (χ0n) is 17.9. The third-order valence-electron chi connectivity index (χ3n) is 6.05. The third-order valence-corrected chi connectivity index (χ3v) is 6.05. The van der Waals surface area contributed by atoms with Gasteiger partial charge in [0.25, 0.3) is 0 Å². The molecule has 5 heterocycles. The van der Waals surface area contributed by atoms with Gasteiger partial charge in [-0.05, 0) is 42.7 Å². The molecule has 9 nitrogen and oxygen atoms in total. The van der Waals surface area contributed by atoms with Crippen LogP contribution in [0.4, 0.5) is 0 Å². The zero-order valence-corrected chi connectivity index (χ0v) is 17.9. The van der Waals surface area contributed by atoms with Gasteiger partial charge in [0.05, 0.1) is 11.7 Å². The molecule has 2 amide bonds. The first-order chi connectivity index (χ1) is 15.7. The van der Waals surface area contributed by atoms with Crippen LogP contribution in [0.2, 0.25) is 0 Å². The van der Waals surface area contributed by atoms with Gasteiger partial charge in [0, 0.05) is 55.0 Å². The molecule has 0 spiro atoms. The van der Waals surface area contributed by atoms with Crippen molar-refractivity contribution in [3.63, 3.8) is 0 Å². The molecule has 0 aliphatic carbocycles. The maximum Gasteiger partial charge on any atom is 0.242 e. The van der Waals surface area contributed by atoms with Crippen LogP contribution in [-0.2, 0) is 16.0 Å². The van der Waals surface area contributed by atoms with Crippen LogP contribution < -0.4 is 5.32 Å². The van der Waals surface area contributed by atoms with Crippen molar-refractivity contribution >= 4 is 28.4 Å². The minimum atomic E-state index is -0.345. The number of H-pyrrole nitrogens is 1. The van der Waals surface area contributed by atoms with Crippen molar-refractivity contribution in [3.8, 4) is 11.1 Å². The van der Waals surface area contributed by atoms with Gasteiger partial charge in [0.1, 0.15) is 11.7 Å². The molecule has 1 fully saturated rings. The number of fused-ring (bicyclic) bond motifs is 2. The van der Waals surface area contributed by atoms with Crippen molar-refractivity contribution in [2.24, 2.45) is 0 Å². The maximum absolute atomic E-state index is 12.6. The maximum atomic E-state index is 12.6. The lowest BCUT2D eigenvalue weighted by molar-refractivity contribution is -0.138. The lowest BCUT2D eigenvalue weighted by Crippen LogP contribution is -2.46. The number of hydrogen-bond donors (Lipinski definition) is 2. The highest BCUT2D eigenvalue weighted by molar-refractivity contribution is 5.97. The van der Waals surface area contributed by atoms with Crippen molar-refractivity contribution < 1.29 is 9.59 Å². The van der Waals surface area contributed by atoms with Crippen LogP contribution in [-0.4, -0.2) is 60.6 Å². The molecule has 32 heavy (non-hydrogen) atoms. The SMILES string of the molecule is CCC(=O)N1CCC[C@@H]1C(=O)NCCc1cc2c(-c3cnn4ncccc34)ccnc2[nH]1. The van der Waals surface area contributed by atoms with Crippen LogP contribution in [0.3, 0.4) is 0 Å². The Morgan fingerprint density at radius 2 is 2.12 bits per heavy atom. The third kappa shape index (κ3) is 3.59. The monoisotopic (exact) mass is 431 g/mol. The zero-order chi connectivity index (χ0) is 22.1. The van der Waals surface area contributed by atoms with E-state index >= 15 is 0 Å². The van der Waals surface area contributed by atoms with Crippen LogP contribution in [0.5, 0.6) is 0 Å². The lowest BCUT2D eigenvalue weighted by Gasteiger charge is -2.23. The minimum Gasteiger partial charge on any atom is -0.354 e. The average Bonchev–Trinajstić information content (AvgIpc) is 3.55. The first kappa shape index (κ1) is 20.2. The van der Waals surface area contributed by atoms with Gasteiger partial charge in [0.15, 0.2) is 0 Å². The number of pyridine rings is 1. The number of aromatic amines is 1. The summed E-state index contributed by atoms with van der Waals surface area (Å²) in [7, 11) is 0. The van der Waals surface area contributed by atoms with Gasteiger partial charge < -0.3 is 15.2 Å². The van der Waals surface area contributed by atoms with Crippen LogP contribution >= 0.6 is 0 Å². The van der Waals surface area contributed by atoms with Crippen molar-refractivity contribution in [1.82, 2.24) is 35.0 Å². The molecule has 0 aromatic carbocycles. The molecule has 4 aromatic heterocycles. The summed E-state index contributed by atoms with van der Waals surface area (Å²) in [5.41, 5.74) is 4.73. The lowest BCUT2D eigenvalue weighted by atomic mass is 10.1. The largest absolute Gasteiger partial charge is 0.354 e. The first-order valence-corrected chi connectivity index (χ1v) is 11.0. The van der Waals surface area contributed by atoms with Crippen LogP contribution in [0.15, 0.2) is 42.9 Å². The number of carbonyl (C=O) groups excluding carboxylic acids is 2. The van der Waals surface area contributed by atoms with Crippen LogP contribution in [0.1, 0.15) is 31.9 Å². The first-order valence-electron chi connectivity index (χ1n) is 11.0. The Labute approximate surface area is 184 Å². The van der Waals surface area contributed by atoms with E-state index in [9.17, 15) is 9.59 Å². The molecule has 2 N–H and O–H groups in total. The molecule has 0 radical (unpaired) electrons. The summed E-state index contributed by atoms with van der Waals surface area (Å²) in [6.45, 7) is 2.99. The molecule has 1 saturated heterocycles. The van der Waals surface area contributed by atoms with E-state index in [1.807, 2.05) is 31.3 Å². The highest BCUT2D eigenvalue weighted by Gasteiger charge is 2.32. The highest BCUT2D eigenvalue weighted by atomic mass is 16.2. The number of aromatic nitrogens is 5. The Morgan fingerprint density at radius 1 is 1.22 bits per heavy atom. The number of hydrogen-bond acceptors (Lipinski definition) is 5. The molecule has 1 aliphatic heterocycles. The molecule has 0 unspecified atom stereocenters. The second-order valence-electron chi connectivity index (χ2n) is 8.01. The molecule has 164 valence electrons. The Morgan fingerprint density at radius 3 is 3.00 bits per heavy atom. The number of amides is 2.